The van der Waals surface area contributed by atoms with Crippen molar-refractivity contribution >= 4 is 16.9 Å². The average molecular weight is 362 g/mol. The molecule has 0 saturated carbocycles. The number of amides is 1. The number of hydrogen-bond acceptors (Lipinski definition) is 4. The molecule has 1 aliphatic rings. The number of hydrogen-bond donors (Lipinski definition) is 0. The lowest BCUT2D eigenvalue weighted by Gasteiger charge is -2.35. The maximum absolute atomic E-state index is 12.6. The van der Waals surface area contributed by atoms with Crippen molar-refractivity contribution in [2.75, 3.05) is 26.2 Å². The topological polar surface area (TPSA) is 53.8 Å². The molecule has 1 saturated heterocycles. The molecule has 0 bridgehead atoms. The number of benzene rings is 2. The van der Waals surface area contributed by atoms with E-state index in [2.05, 4.69) is 4.90 Å². The quantitative estimate of drug-likeness (QED) is 0.672. The highest BCUT2D eigenvalue weighted by atomic mass is 16.4. The zero-order chi connectivity index (χ0) is 18.8. The monoisotopic (exact) mass is 362 g/mol. The van der Waals surface area contributed by atoms with Gasteiger partial charge in [-0.2, -0.15) is 0 Å². The molecule has 5 heteroatoms. The van der Waals surface area contributed by atoms with E-state index >= 15 is 0 Å². The molecule has 1 fully saturated rings. The van der Waals surface area contributed by atoms with Crippen LogP contribution in [-0.2, 0) is 6.54 Å². The van der Waals surface area contributed by atoms with Gasteiger partial charge in [0.1, 0.15) is 5.58 Å². The summed E-state index contributed by atoms with van der Waals surface area (Å²) in [4.78, 5) is 28.7. The molecule has 0 radical (unpaired) electrons. The fraction of sp³-hybridized carbons (Fsp3) is 0.273. The third-order valence-corrected chi connectivity index (χ3v) is 5.06. The zero-order valence-electron chi connectivity index (χ0n) is 15.4. The predicted octanol–water partition coefficient (Wildman–Crippen LogP) is 3.06. The molecule has 2 aromatic carbocycles. The lowest BCUT2D eigenvalue weighted by atomic mass is 10.1. The van der Waals surface area contributed by atoms with Crippen molar-refractivity contribution in [1.29, 1.82) is 0 Å². The number of aryl methyl sites for hydroxylation is 1. The van der Waals surface area contributed by atoms with Crippen molar-refractivity contribution in [3.8, 4) is 0 Å². The molecule has 5 nitrogen and oxygen atoms in total. The van der Waals surface area contributed by atoms with Crippen LogP contribution < -0.4 is 5.63 Å². The third kappa shape index (κ3) is 3.78. The first-order valence-corrected chi connectivity index (χ1v) is 9.20. The summed E-state index contributed by atoms with van der Waals surface area (Å²) in [6.07, 6.45) is 0. The van der Waals surface area contributed by atoms with E-state index in [1.54, 1.807) is 6.07 Å². The van der Waals surface area contributed by atoms with E-state index in [1.165, 1.54) is 0 Å². The van der Waals surface area contributed by atoms with E-state index in [-0.39, 0.29) is 11.5 Å². The van der Waals surface area contributed by atoms with Crippen LogP contribution in [0, 0.1) is 6.92 Å². The van der Waals surface area contributed by atoms with Gasteiger partial charge in [-0.15, -0.1) is 0 Å². The summed E-state index contributed by atoms with van der Waals surface area (Å²) in [5, 5.41) is 0.975. The van der Waals surface area contributed by atoms with Gasteiger partial charge in [-0.3, -0.25) is 9.69 Å². The maximum Gasteiger partial charge on any atom is 0.336 e. The van der Waals surface area contributed by atoms with Crippen LogP contribution in [0.4, 0.5) is 0 Å². The normalized spacial score (nSPS) is 15.2. The van der Waals surface area contributed by atoms with Gasteiger partial charge in [0.05, 0.1) is 0 Å². The van der Waals surface area contributed by atoms with Crippen LogP contribution in [0.15, 0.2) is 63.8 Å². The van der Waals surface area contributed by atoms with E-state index in [4.69, 9.17) is 4.42 Å². The van der Waals surface area contributed by atoms with Crippen LogP contribution in [0.3, 0.4) is 0 Å². The average Bonchev–Trinajstić information content (AvgIpc) is 2.68. The smallest absolute Gasteiger partial charge is 0.336 e. The summed E-state index contributed by atoms with van der Waals surface area (Å²) in [6.45, 7) is 5.60. The minimum Gasteiger partial charge on any atom is -0.423 e. The molecular formula is C22H22N2O3. The predicted molar refractivity (Wildman–Crippen MR) is 105 cm³/mol. The highest BCUT2D eigenvalue weighted by Crippen LogP contribution is 2.20. The summed E-state index contributed by atoms with van der Waals surface area (Å²) in [7, 11) is 0. The van der Waals surface area contributed by atoms with Crippen molar-refractivity contribution in [1.82, 2.24) is 9.80 Å². The summed E-state index contributed by atoms with van der Waals surface area (Å²) in [5.74, 6) is 0.0801. The Morgan fingerprint density at radius 2 is 1.74 bits per heavy atom. The Morgan fingerprint density at radius 1 is 1.00 bits per heavy atom. The summed E-state index contributed by atoms with van der Waals surface area (Å²) >= 11 is 0. The SMILES string of the molecule is Cc1ccc2c(CN3CCN(C(=O)c4ccccc4)CC3)cc(=O)oc2c1. The number of carbonyl (C=O) groups is 1. The van der Waals surface area contributed by atoms with Gasteiger partial charge in [0.25, 0.3) is 5.91 Å². The van der Waals surface area contributed by atoms with E-state index in [0.717, 1.165) is 35.2 Å². The second-order valence-corrected chi connectivity index (χ2v) is 7.02. The molecule has 0 unspecified atom stereocenters. The first-order valence-electron chi connectivity index (χ1n) is 9.20. The van der Waals surface area contributed by atoms with Crippen molar-refractivity contribution in [3.63, 3.8) is 0 Å². The third-order valence-electron chi connectivity index (χ3n) is 5.06. The van der Waals surface area contributed by atoms with Gasteiger partial charge in [0, 0.05) is 49.7 Å². The van der Waals surface area contributed by atoms with E-state index in [0.29, 0.717) is 25.2 Å². The summed E-state index contributed by atoms with van der Waals surface area (Å²) < 4.78 is 5.34. The van der Waals surface area contributed by atoms with Crippen LogP contribution in [0.2, 0.25) is 0 Å². The molecule has 0 spiro atoms. The standard InChI is InChI=1S/C22H22N2O3/c1-16-7-8-19-18(14-21(25)27-20(19)13-16)15-23-9-11-24(12-10-23)22(26)17-5-3-2-4-6-17/h2-8,13-14H,9-12,15H2,1H3. The zero-order valence-corrected chi connectivity index (χ0v) is 15.4. The fourth-order valence-corrected chi connectivity index (χ4v) is 3.58. The number of carbonyl (C=O) groups excluding carboxylic acids is 1. The molecule has 0 aliphatic carbocycles. The Bertz CT molecular complexity index is 1020. The molecule has 2 heterocycles. The van der Waals surface area contributed by atoms with Crippen LogP contribution in [-0.4, -0.2) is 41.9 Å². The van der Waals surface area contributed by atoms with Gasteiger partial charge >= 0.3 is 5.63 Å². The van der Waals surface area contributed by atoms with Crippen molar-refractivity contribution in [3.05, 3.63) is 81.7 Å². The Morgan fingerprint density at radius 3 is 2.48 bits per heavy atom. The van der Waals surface area contributed by atoms with E-state index in [1.807, 2.05) is 60.4 Å². The molecule has 1 aliphatic heterocycles. The molecule has 27 heavy (non-hydrogen) atoms. The molecule has 0 N–H and O–H groups in total. The van der Waals surface area contributed by atoms with Gasteiger partial charge in [-0.25, -0.2) is 4.79 Å². The second kappa shape index (κ2) is 7.37. The Labute approximate surface area is 157 Å². The Kier molecular flexibility index (Phi) is 4.77. The summed E-state index contributed by atoms with van der Waals surface area (Å²) in [6, 6.07) is 16.9. The van der Waals surface area contributed by atoms with Crippen LogP contribution in [0.5, 0.6) is 0 Å². The highest BCUT2D eigenvalue weighted by molar-refractivity contribution is 5.94. The minimum atomic E-state index is -0.319. The minimum absolute atomic E-state index is 0.0801. The van der Waals surface area contributed by atoms with Gasteiger partial charge < -0.3 is 9.32 Å². The largest absolute Gasteiger partial charge is 0.423 e. The molecule has 1 amide bonds. The summed E-state index contributed by atoms with van der Waals surface area (Å²) in [5.41, 5.74) is 3.09. The number of rotatable bonds is 3. The lowest BCUT2D eigenvalue weighted by molar-refractivity contribution is 0.0629. The first-order chi connectivity index (χ1) is 13.1. The van der Waals surface area contributed by atoms with Crippen LogP contribution in [0.25, 0.3) is 11.0 Å². The second-order valence-electron chi connectivity index (χ2n) is 7.02. The lowest BCUT2D eigenvalue weighted by Crippen LogP contribution is -2.48. The Balaban J connectivity index is 1.46. The molecule has 138 valence electrons. The number of nitrogens with zero attached hydrogens (tertiary/aromatic N) is 2. The van der Waals surface area contributed by atoms with E-state index in [9.17, 15) is 9.59 Å². The van der Waals surface area contributed by atoms with Gasteiger partial charge in [-0.1, -0.05) is 30.3 Å². The van der Waals surface area contributed by atoms with Gasteiger partial charge in [-0.05, 0) is 36.2 Å². The molecule has 0 atom stereocenters. The number of fused-ring (bicyclic) bond motifs is 1. The molecule has 3 aromatic rings. The van der Waals surface area contributed by atoms with E-state index < -0.39 is 0 Å². The fourth-order valence-electron chi connectivity index (χ4n) is 3.58. The molecule has 4 rings (SSSR count). The van der Waals surface area contributed by atoms with Crippen LogP contribution in [0.1, 0.15) is 21.5 Å². The maximum atomic E-state index is 12.6. The molecule has 1 aromatic heterocycles. The first kappa shape index (κ1) is 17.5. The van der Waals surface area contributed by atoms with Crippen LogP contribution >= 0.6 is 0 Å². The Hall–Kier alpha value is -2.92. The highest BCUT2D eigenvalue weighted by Gasteiger charge is 2.22. The van der Waals surface area contributed by atoms with Crippen molar-refractivity contribution in [2.24, 2.45) is 0 Å². The van der Waals surface area contributed by atoms with Crippen molar-refractivity contribution < 1.29 is 9.21 Å². The molecular weight excluding hydrogens is 340 g/mol. The van der Waals surface area contributed by atoms with Gasteiger partial charge in [0.2, 0.25) is 0 Å². The number of piperazine rings is 1. The van der Waals surface area contributed by atoms with Gasteiger partial charge in [0.15, 0.2) is 0 Å². The van der Waals surface area contributed by atoms with Crippen molar-refractivity contribution in [2.45, 2.75) is 13.5 Å².